The Labute approximate surface area is 147 Å². The molecule has 0 atom stereocenters. The molecule has 0 unspecified atom stereocenters. The number of aryl methyl sites for hydroxylation is 3. The van der Waals surface area contributed by atoms with Gasteiger partial charge in [-0.15, -0.1) is 0 Å². The molecule has 0 aliphatic carbocycles. The van der Waals surface area contributed by atoms with Crippen molar-refractivity contribution in [2.45, 2.75) is 39.4 Å². The third kappa shape index (κ3) is 4.61. The molecule has 0 saturated heterocycles. The van der Waals surface area contributed by atoms with E-state index in [0.29, 0.717) is 12.4 Å². The maximum absolute atomic E-state index is 12.2. The normalized spacial score (nSPS) is 10.9. The Hall–Kier alpha value is -1.79. The Morgan fingerprint density at radius 3 is 2.67 bits per heavy atom. The van der Waals surface area contributed by atoms with Crippen LogP contribution in [0.4, 0.5) is 5.69 Å². The smallest absolute Gasteiger partial charge is 0.234 e. The second-order valence-electron chi connectivity index (χ2n) is 5.85. The molecule has 1 N–H and O–H groups in total. The third-order valence-corrected chi connectivity index (χ3v) is 5.04. The van der Waals surface area contributed by atoms with Gasteiger partial charge in [-0.1, -0.05) is 17.8 Å². The highest BCUT2D eigenvalue weighted by Crippen LogP contribution is 2.22. The quantitative estimate of drug-likeness (QED) is 0.779. The summed E-state index contributed by atoms with van der Waals surface area (Å²) in [5.74, 6) is 0.301. The molecule has 1 heterocycles. The molecule has 0 spiro atoms. The lowest BCUT2D eigenvalue weighted by Gasteiger charge is -2.10. The van der Waals surface area contributed by atoms with E-state index in [2.05, 4.69) is 21.8 Å². The predicted octanol–water partition coefficient (Wildman–Crippen LogP) is 3.49. The number of aromatic nitrogens is 2. The zero-order chi connectivity index (χ0) is 17.7. The fraction of sp³-hybridized carbons (Fsp3) is 0.444. The van der Waals surface area contributed by atoms with E-state index in [0.717, 1.165) is 28.8 Å². The van der Waals surface area contributed by atoms with Crippen LogP contribution in [-0.2, 0) is 16.1 Å². The van der Waals surface area contributed by atoms with Crippen molar-refractivity contribution < 1.29 is 9.53 Å². The molecule has 0 fully saturated rings. The first kappa shape index (κ1) is 18.5. The van der Waals surface area contributed by atoms with Crippen molar-refractivity contribution >= 4 is 23.4 Å². The highest BCUT2D eigenvalue weighted by molar-refractivity contribution is 7.99. The lowest BCUT2D eigenvalue weighted by Crippen LogP contribution is -2.15. The van der Waals surface area contributed by atoms with Crippen LogP contribution in [0, 0.1) is 27.7 Å². The monoisotopic (exact) mass is 347 g/mol. The van der Waals surface area contributed by atoms with E-state index in [-0.39, 0.29) is 5.91 Å². The summed E-state index contributed by atoms with van der Waals surface area (Å²) in [6, 6.07) is 5.94. The van der Waals surface area contributed by atoms with Crippen molar-refractivity contribution in [1.82, 2.24) is 9.55 Å². The van der Waals surface area contributed by atoms with E-state index >= 15 is 0 Å². The zero-order valence-corrected chi connectivity index (χ0v) is 15.8. The van der Waals surface area contributed by atoms with E-state index in [9.17, 15) is 4.79 Å². The van der Waals surface area contributed by atoms with E-state index in [1.54, 1.807) is 7.11 Å². The van der Waals surface area contributed by atoms with Crippen LogP contribution in [-0.4, -0.2) is 34.9 Å². The Morgan fingerprint density at radius 2 is 2.00 bits per heavy atom. The predicted molar refractivity (Wildman–Crippen MR) is 98.8 cm³/mol. The Kier molecular flexibility index (Phi) is 6.45. The minimum absolute atomic E-state index is 0.0279. The van der Waals surface area contributed by atoms with Gasteiger partial charge in [0.2, 0.25) is 5.91 Å². The number of nitrogens with zero attached hydrogens (tertiary/aromatic N) is 2. The third-order valence-electron chi connectivity index (χ3n) is 4.06. The first-order valence-electron chi connectivity index (χ1n) is 7.95. The molecule has 1 amide bonds. The van der Waals surface area contributed by atoms with Gasteiger partial charge in [-0.2, -0.15) is 0 Å². The van der Waals surface area contributed by atoms with E-state index in [4.69, 9.17) is 4.74 Å². The lowest BCUT2D eigenvalue weighted by atomic mass is 10.1. The van der Waals surface area contributed by atoms with Crippen molar-refractivity contribution in [2.75, 3.05) is 24.8 Å². The SMILES string of the molecule is COCCn1c(SCC(=O)Nc2ccc(C)c(C)c2)nc(C)c1C. The summed E-state index contributed by atoms with van der Waals surface area (Å²) in [6.45, 7) is 9.48. The largest absolute Gasteiger partial charge is 0.383 e. The number of nitrogens with one attached hydrogen (secondary N) is 1. The molecule has 0 bridgehead atoms. The van der Waals surface area contributed by atoms with Gasteiger partial charge >= 0.3 is 0 Å². The molecule has 1 aromatic heterocycles. The van der Waals surface area contributed by atoms with Gasteiger partial charge in [0.1, 0.15) is 0 Å². The summed E-state index contributed by atoms with van der Waals surface area (Å²) in [6.07, 6.45) is 0. The van der Waals surface area contributed by atoms with Gasteiger partial charge in [0.05, 0.1) is 18.1 Å². The average Bonchev–Trinajstić information content (AvgIpc) is 2.81. The maximum Gasteiger partial charge on any atom is 0.234 e. The molecular formula is C18H25N3O2S. The number of anilines is 1. The first-order chi connectivity index (χ1) is 11.4. The Morgan fingerprint density at radius 1 is 1.25 bits per heavy atom. The fourth-order valence-corrected chi connectivity index (χ4v) is 3.24. The van der Waals surface area contributed by atoms with Crippen LogP contribution in [0.15, 0.2) is 23.4 Å². The van der Waals surface area contributed by atoms with Crippen molar-refractivity contribution in [3.8, 4) is 0 Å². The van der Waals surface area contributed by atoms with Crippen molar-refractivity contribution in [3.63, 3.8) is 0 Å². The van der Waals surface area contributed by atoms with Crippen LogP contribution in [0.1, 0.15) is 22.5 Å². The van der Waals surface area contributed by atoms with Gasteiger partial charge in [-0.3, -0.25) is 4.79 Å². The number of amides is 1. The molecule has 24 heavy (non-hydrogen) atoms. The van der Waals surface area contributed by atoms with Gasteiger partial charge in [-0.05, 0) is 51.0 Å². The van der Waals surface area contributed by atoms with Gasteiger partial charge in [0.15, 0.2) is 5.16 Å². The molecule has 2 rings (SSSR count). The number of hydrogen-bond donors (Lipinski definition) is 1. The summed E-state index contributed by atoms with van der Waals surface area (Å²) in [5.41, 5.74) is 5.32. The molecule has 0 aliphatic heterocycles. The van der Waals surface area contributed by atoms with Crippen LogP contribution in [0.2, 0.25) is 0 Å². The topological polar surface area (TPSA) is 56.1 Å². The average molecular weight is 347 g/mol. The molecule has 0 saturated carbocycles. The van der Waals surface area contributed by atoms with Crippen molar-refractivity contribution in [3.05, 3.63) is 40.7 Å². The maximum atomic E-state index is 12.2. The lowest BCUT2D eigenvalue weighted by molar-refractivity contribution is -0.113. The number of carbonyl (C=O) groups is 1. The molecule has 0 radical (unpaired) electrons. The molecule has 5 nitrogen and oxygen atoms in total. The van der Waals surface area contributed by atoms with Gasteiger partial charge < -0.3 is 14.6 Å². The summed E-state index contributed by atoms with van der Waals surface area (Å²) in [7, 11) is 1.68. The number of rotatable bonds is 7. The standard InChI is InChI=1S/C18H25N3O2S/c1-12-6-7-16(10-13(12)2)20-17(22)11-24-18-19-14(3)15(4)21(18)8-9-23-5/h6-7,10H,8-9,11H2,1-5H3,(H,20,22). The number of thioether (sulfide) groups is 1. The molecular weight excluding hydrogens is 322 g/mol. The van der Waals surface area contributed by atoms with Crippen molar-refractivity contribution in [2.24, 2.45) is 0 Å². The number of carbonyl (C=O) groups excluding carboxylic acids is 1. The van der Waals surface area contributed by atoms with Gasteiger partial charge in [0, 0.05) is 25.0 Å². The molecule has 130 valence electrons. The van der Waals surface area contributed by atoms with Gasteiger partial charge in [0.25, 0.3) is 0 Å². The molecule has 1 aromatic carbocycles. The highest BCUT2D eigenvalue weighted by Gasteiger charge is 2.13. The summed E-state index contributed by atoms with van der Waals surface area (Å²) >= 11 is 1.45. The Bertz CT molecular complexity index is 725. The molecule has 0 aliphatic rings. The van der Waals surface area contributed by atoms with Crippen LogP contribution >= 0.6 is 11.8 Å². The number of methoxy groups -OCH3 is 1. The zero-order valence-electron chi connectivity index (χ0n) is 15.0. The first-order valence-corrected chi connectivity index (χ1v) is 8.93. The van der Waals surface area contributed by atoms with Gasteiger partial charge in [-0.25, -0.2) is 4.98 Å². The van der Waals surface area contributed by atoms with E-state index in [1.165, 1.54) is 22.9 Å². The Balaban J connectivity index is 1.98. The summed E-state index contributed by atoms with van der Waals surface area (Å²) < 4.78 is 7.26. The summed E-state index contributed by atoms with van der Waals surface area (Å²) in [4.78, 5) is 16.8. The minimum Gasteiger partial charge on any atom is -0.383 e. The highest BCUT2D eigenvalue weighted by atomic mass is 32.2. The van der Waals surface area contributed by atoms with Crippen LogP contribution < -0.4 is 5.32 Å². The summed E-state index contributed by atoms with van der Waals surface area (Å²) in [5, 5.41) is 3.80. The number of hydrogen-bond acceptors (Lipinski definition) is 4. The van der Waals surface area contributed by atoms with Crippen LogP contribution in [0.25, 0.3) is 0 Å². The number of ether oxygens (including phenoxy) is 1. The van der Waals surface area contributed by atoms with Crippen LogP contribution in [0.5, 0.6) is 0 Å². The molecule has 2 aromatic rings. The van der Waals surface area contributed by atoms with Crippen molar-refractivity contribution in [1.29, 1.82) is 0 Å². The number of imidazole rings is 1. The fourth-order valence-electron chi connectivity index (χ4n) is 2.33. The number of benzene rings is 1. The second-order valence-corrected chi connectivity index (χ2v) is 6.79. The van der Waals surface area contributed by atoms with E-state index in [1.807, 2.05) is 39.0 Å². The van der Waals surface area contributed by atoms with Crippen LogP contribution in [0.3, 0.4) is 0 Å². The van der Waals surface area contributed by atoms with E-state index < -0.39 is 0 Å². The molecule has 6 heteroatoms. The second kappa shape index (κ2) is 8.35. The minimum atomic E-state index is -0.0279.